The lowest BCUT2D eigenvalue weighted by Crippen LogP contribution is -2.38. The molecule has 3 nitrogen and oxygen atoms in total. The molecule has 2 rings (SSSR count). The molecule has 0 aromatic heterocycles. The molecule has 22 heavy (non-hydrogen) atoms. The van der Waals surface area contributed by atoms with Gasteiger partial charge in [0.2, 0.25) is 5.91 Å². The molecule has 2 aromatic rings. The molecule has 1 amide bonds. The van der Waals surface area contributed by atoms with Crippen molar-refractivity contribution >= 4 is 27.5 Å². The van der Waals surface area contributed by atoms with Gasteiger partial charge in [0.1, 0.15) is 6.04 Å². The van der Waals surface area contributed by atoms with Gasteiger partial charge >= 0.3 is 0 Å². The number of carbonyl (C=O) groups excluding carboxylic acids is 1. The Morgan fingerprint density at radius 2 is 1.91 bits per heavy atom. The van der Waals surface area contributed by atoms with Gasteiger partial charge in [-0.1, -0.05) is 46.3 Å². The predicted octanol–water partition coefficient (Wildman–Crippen LogP) is 4.22. The van der Waals surface area contributed by atoms with Crippen molar-refractivity contribution in [1.82, 2.24) is 4.90 Å². The van der Waals surface area contributed by atoms with Crippen LogP contribution in [0.5, 0.6) is 0 Å². The van der Waals surface area contributed by atoms with Crippen LogP contribution in [0.2, 0.25) is 0 Å². The van der Waals surface area contributed by atoms with Crippen molar-refractivity contribution in [2.24, 2.45) is 0 Å². The Balaban J connectivity index is 1.97. The highest BCUT2D eigenvalue weighted by Crippen LogP contribution is 2.20. The zero-order valence-electron chi connectivity index (χ0n) is 13.1. The Bertz CT molecular complexity index is 643. The van der Waals surface area contributed by atoms with Gasteiger partial charge in [-0.05, 0) is 43.2 Å². The highest BCUT2D eigenvalue weighted by molar-refractivity contribution is 9.10. The number of hydrogen-bond acceptors (Lipinski definition) is 2. The number of benzene rings is 2. The average Bonchev–Trinajstić information content (AvgIpc) is 2.51. The van der Waals surface area contributed by atoms with Crippen LogP contribution in [-0.4, -0.2) is 23.9 Å². The normalized spacial score (nSPS) is 11.8. The molecule has 0 heterocycles. The summed E-state index contributed by atoms with van der Waals surface area (Å²) in [7, 11) is 1.83. The number of nitrogens with one attached hydrogen (secondary N) is 1. The first-order valence-corrected chi connectivity index (χ1v) is 8.08. The van der Waals surface area contributed by atoms with Gasteiger partial charge in [0.05, 0.1) is 0 Å². The van der Waals surface area contributed by atoms with E-state index in [9.17, 15) is 4.79 Å². The van der Waals surface area contributed by atoms with E-state index < -0.39 is 0 Å². The smallest absolute Gasteiger partial charge is 0.244 e. The lowest BCUT2D eigenvalue weighted by atomic mass is 10.2. The van der Waals surface area contributed by atoms with E-state index in [1.807, 2.05) is 69.4 Å². The molecule has 0 unspecified atom stereocenters. The van der Waals surface area contributed by atoms with Crippen molar-refractivity contribution in [2.45, 2.75) is 26.4 Å². The topological polar surface area (TPSA) is 32.3 Å². The van der Waals surface area contributed by atoms with Crippen LogP contribution in [0.25, 0.3) is 0 Å². The molecule has 0 fully saturated rings. The summed E-state index contributed by atoms with van der Waals surface area (Å²) in [5.74, 6) is 0.0735. The quantitative estimate of drug-likeness (QED) is 0.865. The van der Waals surface area contributed by atoms with E-state index in [1.165, 1.54) is 0 Å². The Kier molecular flexibility index (Phi) is 5.61. The summed E-state index contributed by atoms with van der Waals surface area (Å²) in [6.45, 7) is 4.54. The molecule has 1 atom stereocenters. The zero-order valence-corrected chi connectivity index (χ0v) is 14.7. The van der Waals surface area contributed by atoms with Crippen LogP contribution in [0, 0.1) is 6.92 Å². The van der Waals surface area contributed by atoms with Gasteiger partial charge in [-0.2, -0.15) is 0 Å². The molecule has 0 saturated carbocycles. The summed E-state index contributed by atoms with van der Waals surface area (Å²) >= 11 is 3.48. The zero-order chi connectivity index (χ0) is 16.1. The van der Waals surface area contributed by atoms with E-state index in [0.717, 1.165) is 21.3 Å². The summed E-state index contributed by atoms with van der Waals surface area (Å²) in [5, 5.41) is 3.26. The molecule has 0 bridgehead atoms. The summed E-state index contributed by atoms with van der Waals surface area (Å²) in [5.41, 5.74) is 3.22. The Labute approximate surface area is 140 Å². The molecule has 0 aliphatic carbocycles. The number of carbonyl (C=O) groups is 1. The standard InChI is InChI=1S/C18H21BrN2O/c1-13-11-16(9-10-17(13)19)20-14(2)18(22)21(3)12-15-7-5-4-6-8-15/h4-11,14,20H,12H2,1-3H3/t14-/m1/s1. The van der Waals surface area contributed by atoms with Crippen LogP contribution < -0.4 is 5.32 Å². The number of aryl methyl sites for hydroxylation is 1. The number of halogens is 1. The maximum atomic E-state index is 12.5. The number of amides is 1. The second-order valence-electron chi connectivity index (χ2n) is 5.51. The second kappa shape index (κ2) is 7.45. The molecule has 4 heteroatoms. The molecule has 0 aliphatic rings. The van der Waals surface area contributed by atoms with Crippen LogP contribution >= 0.6 is 15.9 Å². The number of nitrogens with zero attached hydrogens (tertiary/aromatic N) is 1. The molecule has 0 aliphatic heterocycles. The summed E-state index contributed by atoms with van der Waals surface area (Å²) in [6, 6.07) is 15.7. The second-order valence-corrected chi connectivity index (χ2v) is 6.36. The Hall–Kier alpha value is -1.81. The number of rotatable bonds is 5. The molecule has 0 spiro atoms. The van der Waals surface area contributed by atoms with E-state index >= 15 is 0 Å². The first kappa shape index (κ1) is 16.6. The van der Waals surface area contributed by atoms with Crippen molar-refractivity contribution < 1.29 is 4.79 Å². The summed E-state index contributed by atoms with van der Waals surface area (Å²) in [4.78, 5) is 14.2. The highest BCUT2D eigenvalue weighted by Gasteiger charge is 2.17. The van der Waals surface area contributed by atoms with Gasteiger partial charge in [0.15, 0.2) is 0 Å². The minimum atomic E-state index is -0.269. The van der Waals surface area contributed by atoms with E-state index in [1.54, 1.807) is 4.90 Å². The molecule has 2 aromatic carbocycles. The van der Waals surface area contributed by atoms with Crippen molar-refractivity contribution in [3.8, 4) is 0 Å². The highest BCUT2D eigenvalue weighted by atomic mass is 79.9. The van der Waals surface area contributed by atoms with Crippen LogP contribution in [0.4, 0.5) is 5.69 Å². The van der Waals surface area contributed by atoms with Crippen LogP contribution in [0.15, 0.2) is 53.0 Å². The first-order valence-electron chi connectivity index (χ1n) is 7.29. The SMILES string of the molecule is Cc1cc(N[C@H](C)C(=O)N(C)Cc2ccccc2)ccc1Br. The third-order valence-corrected chi connectivity index (χ3v) is 4.44. The Morgan fingerprint density at radius 3 is 2.55 bits per heavy atom. The minimum absolute atomic E-state index is 0.0735. The number of anilines is 1. The molecular formula is C18H21BrN2O. The number of hydrogen-bond donors (Lipinski definition) is 1. The fourth-order valence-corrected chi connectivity index (χ4v) is 2.56. The molecule has 0 radical (unpaired) electrons. The molecule has 0 saturated heterocycles. The van der Waals surface area contributed by atoms with Gasteiger partial charge in [0.25, 0.3) is 0 Å². The van der Waals surface area contributed by atoms with Crippen molar-refractivity contribution in [3.63, 3.8) is 0 Å². The monoisotopic (exact) mass is 360 g/mol. The van der Waals surface area contributed by atoms with Gasteiger partial charge in [-0.15, -0.1) is 0 Å². The van der Waals surface area contributed by atoms with E-state index in [-0.39, 0.29) is 11.9 Å². The first-order chi connectivity index (χ1) is 10.5. The maximum absolute atomic E-state index is 12.5. The van der Waals surface area contributed by atoms with Gasteiger partial charge < -0.3 is 10.2 Å². The molecular weight excluding hydrogens is 340 g/mol. The van der Waals surface area contributed by atoms with Crippen molar-refractivity contribution in [2.75, 3.05) is 12.4 Å². The lowest BCUT2D eigenvalue weighted by molar-refractivity contribution is -0.130. The summed E-state index contributed by atoms with van der Waals surface area (Å²) in [6.07, 6.45) is 0. The number of likely N-dealkylation sites (N-methyl/N-ethyl adjacent to an activating group) is 1. The molecule has 116 valence electrons. The van der Waals surface area contributed by atoms with E-state index in [0.29, 0.717) is 6.54 Å². The van der Waals surface area contributed by atoms with Gasteiger partial charge in [-0.3, -0.25) is 4.79 Å². The van der Waals surface area contributed by atoms with Crippen LogP contribution in [0.1, 0.15) is 18.1 Å². The third-order valence-electron chi connectivity index (χ3n) is 3.55. The van der Waals surface area contributed by atoms with Gasteiger partial charge in [0, 0.05) is 23.8 Å². The predicted molar refractivity (Wildman–Crippen MR) is 94.9 cm³/mol. The van der Waals surface area contributed by atoms with Crippen LogP contribution in [-0.2, 0) is 11.3 Å². The van der Waals surface area contributed by atoms with Crippen LogP contribution in [0.3, 0.4) is 0 Å². The molecule has 1 N–H and O–H groups in total. The van der Waals surface area contributed by atoms with E-state index in [2.05, 4.69) is 21.2 Å². The largest absolute Gasteiger partial charge is 0.374 e. The lowest BCUT2D eigenvalue weighted by Gasteiger charge is -2.23. The maximum Gasteiger partial charge on any atom is 0.244 e. The van der Waals surface area contributed by atoms with E-state index in [4.69, 9.17) is 0 Å². The van der Waals surface area contributed by atoms with Crippen molar-refractivity contribution in [3.05, 3.63) is 64.1 Å². The Morgan fingerprint density at radius 1 is 1.23 bits per heavy atom. The third kappa shape index (κ3) is 4.34. The van der Waals surface area contributed by atoms with Gasteiger partial charge in [-0.25, -0.2) is 0 Å². The average molecular weight is 361 g/mol. The summed E-state index contributed by atoms with van der Waals surface area (Å²) < 4.78 is 1.07. The minimum Gasteiger partial charge on any atom is -0.374 e. The fraction of sp³-hybridized carbons (Fsp3) is 0.278. The fourth-order valence-electron chi connectivity index (χ4n) is 2.31. The van der Waals surface area contributed by atoms with Crippen molar-refractivity contribution in [1.29, 1.82) is 0 Å².